The minimum Gasteiger partial charge on any atom is -0.298 e. The molecule has 3 nitrogen and oxygen atoms in total. The quantitative estimate of drug-likeness (QED) is 0.447. The average Bonchev–Trinajstić information content (AvgIpc) is 2.74. The molecule has 0 heterocycles. The molecule has 0 radical (unpaired) electrons. The van der Waals surface area contributed by atoms with Gasteiger partial charge in [-0.3, -0.25) is 14.4 Å². The lowest BCUT2D eigenvalue weighted by Gasteiger charge is -2.10. The first-order valence-corrected chi connectivity index (χ1v) is 8.57. The van der Waals surface area contributed by atoms with Gasteiger partial charge in [-0.2, -0.15) is 0 Å². The molecule has 0 spiro atoms. The number of hydrogen-bond donors (Lipinski definition) is 0. The SMILES string of the molecule is O=Cc1ccc(C=C(Cc2ccc(C=O)cc2)c2ccc(C=O)cc2)cc1. The molecule has 3 heteroatoms. The van der Waals surface area contributed by atoms with Crippen LogP contribution in [0.4, 0.5) is 0 Å². The van der Waals surface area contributed by atoms with E-state index in [0.717, 1.165) is 41.1 Å². The van der Waals surface area contributed by atoms with Gasteiger partial charge in [-0.05, 0) is 28.7 Å². The molecule has 0 bridgehead atoms. The van der Waals surface area contributed by atoms with Crippen molar-refractivity contribution in [1.82, 2.24) is 0 Å². The fraction of sp³-hybridized carbons (Fsp3) is 0.0417. The third-order valence-corrected chi connectivity index (χ3v) is 4.34. The zero-order valence-electron chi connectivity index (χ0n) is 14.7. The highest BCUT2D eigenvalue weighted by atomic mass is 16.1. The van der Waals surface area contributed by atoms with Crippen molar-refractivity contribution in [2.75, 3.05) is 0 Å². The molecule has 0 aliphatic rings. The van der Waals surface area contributed by atoms with Gasteiger partial charge in [0, 0.05) is 16.7 Å². The van der Waals surface area contributed by atoms with Crippen LogP contribution in [0, 0.1) is 0 Å². The van der Waals surface area contributed by atoms with Crippen molar-refractivity contribution < 1.29 is 14.4 Å². The predicted octanol–water partition coefficient (Wildman–Crippen LogP) is 4.91. The summed E-state index contributed by atoms with van der Waals surface area (Å²) in [6, 6.07) is 22.3. The highest BCUT2D eigenvalue weighted by molar-refractivity contribution is 5.85. The highest BCUT2D eigenvalue weighted by Crippen LogP contribution is 2.23. The highest BCUT2D eigenvalue weighted by Gasteiger charge is 2.05. The Morgan fingerprint density at radius 3 is 1.44 bits per heavy atom. The summed E-state index contributed by atoms with van der Waals surface area (Å²) in [6.45, 7) is 0. The first-order chi connectivity index (χ1) is 13.2. The number of aldehydes is 3. The summed E-state index contributed by atoms with van der Waals surface area (Å²) in [5.74, 6) is 0. The second kappa shape index (κ2) is 8.68. The standard InChI is InChI=1S/C24H18O3/c25-15-20-5-1-18(2-6-20)13-24(23-11-9-22(17-27)10-12-23)14-19-3-7-21(16-26)8-4-19/h1-13,15-17H,14H2. The maximum atomic E-state index is 10.9. The lowest BCUT2D eigenvalue weighted by atomic mass is 9.95. The van der Waals surface area contributed by atoms with E-state index in [2.05, 4.69) is 6.08 Å². The van der Waals surface area contributed by atoms with Crippen LogP contribution in [-0.4, -0.2) is 18.9 Å². The largest absolute Gasteiger partial charge is 0.298 e. The van der Waals surface area contributed by atoms with Gasteiger partial charge in [0.2, 0.25) is 0 Å². The van der Waals surface area contributed by atoms with Crippen LogP contribution in [0.5, 0.6) is 0 Å². The molecule has 0 amide bonds. The molecule has 0 saturated carbocycles. The number of hydrogen-bond acceptors (Lipinski definition) is 3. The van der Waals surface area contributed by atoms with E-state index in [0.29, 0.717) is 23.1 Å². The van der Waals surface area contributed by atoms with Gasteiger partial charge < -0.3 is 0 Å². The molecule has 0 aliphatic heterocycles. The number of carbonyl (C=O) groups is 3. The topological polar surface area (TPSA) is 51.2 Å². The zero-order chi connectivity index (χ0) is 19.1. The Hall–Kier alpha value is -3.59. The first-order valence-electron chi connectivity index (χ1n) is 8.57. The van der Waals surface area contributed by atoms with Gasteiger partial charge >= 0.3 is 0 Å². The molecule has 3 aromatic carbocycles. The van der Waals surface area contributed by atoms with Crippen molar-refractivity contribution in [3.05, 3.63) is 106 Å². The van der Waals surface area contributed by atoms with Gasteiger partial charge in [0.15, 0.2) is 0 Å². The summed E-state index contributed by atoms with van der Waals surface area (Å²) in [7, 11) is 0. The number of carbonyl (C=O) groups excluding carboxylic acids is 3. The van der Waals surface area contributed by atoms with Crippen LogP contribution < -0.4 is 0 Å². The van der Waals surface area contributed by atoms with Crippen LogP contribution in [0.2, 0.25) is 0 Å². The summed E-state index contributed by atoms with van der Waals surface area (Å²) >= 11 is 0. The van der Waals surface area contributed by atoms with Gasteiger partial charge in [-0.25, -0.2) is 0 Å². The fourth-order valence-corrected chi connectivity index (χ4v) is 2.82. The summed E-state index contributed by atoms with van der Waals surface area (Å²) < 4.78 is 0. The van der Waals surface area contributed by atoms with Gasteiger partial charge in [0.05, 0.1) is 0 Å². The first kappa shape index (κ1) is 18.2. The smallest absolute Gasteiger partial charge is 0.150 e. The second-order valence-electron chi connectivity index (χ2n) is 6.23. The third-order valence-electron chi connectivity index (χ3n) is 4.34. The Morgan fingerprint density at radius 2 is 0.963 bits per heavy atom. The monoisotopic (exact) mass is 354 g/mol. The third kappa shape index (κ3) is 4.73. The van der Waals surface area contributed by atoms with Crippen molar-refractivity contribution in [2.45, 2.75) is 6.42 Å². The molecule has 0 aromatic heterocycles. The Bertz CT molecular complexity index is 964. The number of rotatable bonds is 7. The van der Waals surface area contributed by atoms with Crippen molar-refractivity contribution in [2.24, 2.45) is 0 Å². The van der Waals surface area contributed by atoms with E-state index in [9.17, 15) is 14.4 Å². The van der Waals surface area contributed by atoms with E-state index in [1.54, 1.807) is 36.4 Å². The fourth-order valence-electron chi connectivity index (χ4n) is 2.82. The molecule has 0 aliphatic carbocycles. The molecule has 0 atom stereocenters. The van der Waals surface area contributed by atoms with Gasteiger partial charge in [-0.15, -0.1) is 0 Å². The molecule has 132 valence electrons. The van der Waals surface area contributed by atoms with Crippen LogP contribution in [-0.2, 0) is 6.42 Å². The minimum absolute atomic E-state index is 0.628. The molecule has 27 heavy (non-hydrogen) atoms. The molecule has 3 aromatic rings. The van der Waals surface area contributed by atoms with Crippen molar-refractivity contribution in [3.63, 3.8) is 0 Å². The van der Waals surface area contributed by atoms with Crippen LogP contribution in [0.1, 0.15) is 47.8 Å². The molecule has 0 fully saturated rings. The average molecular weight is 354 g/mol. The van der Waals surface area contributed by atoms with E-state index in [1.165, 1.54) is 0 Å². The minimum atomic E-state index is 0.628. The molecular formula is C24H18O3. The van der Waals surface area contributed by atoms with Crippen molar-refractivity contribution in [1.29, 1.82) is 0 Å². The van der Waals surface area contributed by atoms with Crippen molar-refractivity contribution in [3.8, 4) is 0 Å². The summed E-state index contributed by atoms with van der Waals surface area (Å²) in [4.78, 5) is 32.6. The molecule has 3 rings (SSSR count). The number of allylic oxidation sites excluding steroid dienone is 1. The maximum Gasteiger partial charge on any atom is 0.150 e. The maximum absolute atomic E-state index is 10.9. The van der Waals surface area contributed by atoms with Gasteiger partial charge in [-0.1, -0.05) is 78.9 Å². The Morgan fingerprint density at radius 1 is 0.556 bits per heavy atom. The molecular weight excluding hydrogens is 336 g/mol. The van der Waals surface area contributed by atoms with Crippen LogP contribution >= 0.6 is 0 Å². The summed E-state index contributed by atoms with van der Waals surface area (Å²) in [5.41, 5.74) is 6.06. The Kier molecular flexibility index (Phi) is 5.85. The lowest BCUT2D eigenvalue weighted by molar-refractivity contribution is 0.111. The Labute approximate surface area is 158 Å². The molecule has 0 N–H and O–H groups in total. The summed E-state index contributed by atoms with van der Waals surface area (Å²) in [5, 5.41) is 0. The Balaban J connectivity index is 1.97. The van der Waals surface area contributed by atoms with E-state index in [4.69, 9.17) is 0 Å². The van der Waals surface area contributed by atoms with E-state index >= 15 is 0 Å². The molecule has 0 saturated heterocycles. The molecule has 0 unspecified atom stereocenters. The van der Waals surface area contributed by atoms with Crippen LogP contribution in [0.25, 0.3) is 11.6 Å². The summed E-state index contributed by atoms with van der Waals surface area (Å²) in [6.07, 6.45) is 5.21. The second-order valence-corrected chi connectivity index (χ2v) is 6.23. The van der Waals surface area contributed by atoms with Gasteiger partial charge in [0.25, 0.3) is 0 Å². The van der Waals surface area contributed by atoms with E-state index < -0.39 is 0 Å². The predicted molar refractivity (Wildman–Crippen MR) is 107 cm³/mol. The van der Waals surface area contributed by atoms with Crippen LogP contribution in [0.3, 0.4) is 0 Å². The van der Waals surface area contributed by atoms with Crippen molar-refractivity contribution >= 4 is 30.5 Å². The lowest BCUT2D eigenvalue weighted by Crippen LogP contribution is -1.93. The van der Waals surface area contributed by atoms with Gasteiger partial charge in [0.1, 0.15) is 18.9 Å². The van der Waals surface area contributed by atoms with E-state index in [1.807, 2.05) is 36.4 Å². The van der Waals surface area contributed by atoms with Crippen LogP contribution in [0.15, 0.2) is 72.8 Å². The number of benzene rings is 3. The normalized spacial score (nSPS) is 11.0. The zero-order valence-corrected chi connectivity index (χ0v) is 14.7. The van der Waals surface area contributed by atoms with E-state index in [-0.39, 0.29) is 0 Å².